The number of phosphoric acid groups is 2. The third-order valence-corrected chi connectivity index (χ3v) is 0.805. The van der Waals surface area contributed by atoms with E-state index in [1.54, 1.807) is 0 Å². The topological polar surface area (TPSA) is 288 Å². The van der Waals surface area contributed by atoms with Crippen molar-refractivity contribution in [2.45, 2.75) is 12.2 Å². The molecule has 0 fully saturated rings. The van der Waals surface area contributed by atoms with Crippen molar-refractivity contribution >= 4 is 141 Å². The standard InChI is InChI=1S/C4H6O6.3Ca.2H3O4P/c5-1(3(7)8)2(6)4(9)10;;;;2*1-5(2,3)4/h1-2,5-6H,(H,7,8)(H,9,10);;;;2*(H3,1,2,3,4)/q;3*+2;;/p-6. The van der Waals surface area contributed by atoms with Crippen LogP contribution in [0.3, 0.4) is 0 Å². The fourth-order valence-corrected chi connectivity index (χ4v) is 0.270. The molecule has 0 aromatic carbocycles. The van der Waals surface area contributed by atoms with Gasteiger partial charge in [-0.3, -0.25) is 0 Å². The number of carboxylic acids is 2. The summed E-state index contributed by atoms with van der Waals surface area (Å²) in [6, 6.07) is 0. The van der Waals surface area contributed by atoms with Crippen molar-refractivity contribution in [3.8, 4) is 0 Å². The van der Waals surface area contributed by atoms with E-state index in [0.717, 1.165) is 0 Å². The van der Waals surface area contributed by atoms with Crippen LogP contribution in [-0.2, 0) is 18.7 Å². The van der Waals surface area contributed by atoms with Crippen LogP contribution in [0, 0.1) is 0 Å². The van der Waals surface area contributed by atoms with E-state index in [-0.39, 0.29) is 113 Å². The van der Waals surface area contributed by atoms with Crippen molar-refractivity contribution in [3.63, 3.8) is 0 Å². The first-order valence-corrected chi connectivity index (χ1v) is 6.66. The molecule has 23 heavy (non-hydrogen) atoms. The quantitative estimate of drug-likeness (QED) is 0.225. The molecule has 4 N–H and O–H groups in total. The van der Waals surface area contributed by atoms with E-state index >= 15 is 0 Å². The molecule has 0 saturated carbocycles. The van der Waals surface area contributed by atoms with Crippen LogP contribution in [0.4, 0.5) is 0 Å². The SMILES string of the molecule is O=C(O)C(O)C(O)C(=O)O.O=P([O-])([O-])[O-].O=P([O-])([O-])[O-].[Ca+2].[Ca+2].[Ca+2]. The normalized spacial score (nSPS) is 12.0. The molecular weight excluding hydrogens is 454 g/mol. The summed E-state index contributed by atoms with van der Waals surface area (Å²) in [4.78, 5) is 70.8. The Morgan fingerprint density at radius 1 is 0.652 bits per heavy atom. The molecule has 0 bridgehead atoms. The second-order valence-corrected chi connectivity index (χ2v) is 4.25. The molecule has 0 aliphatic carbocycles. The molecule has 0 radical (unpaired) electrons. The monoisotopic (exact) mass is 460 g/mol. The first kappa shape index (κ1) is 40.5. The van der Waals surface area contributed by atoms with E-state index in [4.69, 9.17) is 58.9 Å². The van der Waals surface area contributed by atoms with Crippen molar-refractivity contribution in [2.75, 3.05) is 0 Å². The van der Waals surface area contributed by atoms with Crippen molar-refractivity contribution in [1.82, 2.24) is 0 Å². The zero-order chi connectivity index (χ0) is 17.3. The number of aliphatic carboxylic acids is 2. The molecule has 2 unspecified atom stereocenters. The van der Waals surface area contributed by atoms with Gasteiger partial charge >= 0.3 is 125 Å². The van der Waals surface area contributed by atoms with Gasteiger partial charge < -0.3 is 58.9 Å². The second kappa shape index (κ2) is 19.6. The Labute approximate surface area is 218 Å². The Morgan fingerprint density at radius 2 is 0.739 bits per heavy atom. The molecule has 0 aliphatic rings. The van der Waals surface area contributed by atoms with Crippen LogP contribution < -0.4 is 29.4 Å². The van der Waals surface area contributed by atoms with E-state index in [9.17, 15) is 9.59 Å². The van der Waals surface area contributed by atoms with Gasteiger partial charge in [0, 0.05) is 0 Å². The first-order valence-electron chi connectivity index (χ1n) is 3.74. The van der Waals surface area contributed by atoms with Crippen molar-refractivity contribution in [2.24, 2.45) is 0 Å². The summed E-state index contributed by atoms with van der Waals surface area (Å²) in [5, 5.41) is 32.5. The maximum Gasteiger partial charge on any atom is 2.00 e. The average Bonchev–Trinajstić information content (AvgIpc) is 2.09. The molecule has 0 saturated heterocycles. The van der Waals surface area contributed by atoms with Crippen LogP contribution in [0.2, 0.25) is 0 Å². The summed E-state index contributed by atoms with van der Waals surface area (Å²) < 4.78 is 17.1. The largest absolute Gasteiger partial charge is 2.00 e. The van der Waals surface area contributed by atoms with E-state index in [0.29, 0.717) is 0 Å². The molecular formula is C4H6Ca3O14P2. The fraction of sp³-hybridized carbons (Fsp3) is 0.500. The minimum absolute atomic E-state index is 0. The van der Waals surface area contributed by atoms with Gasteiger partial charge in [-0.15, -0.1) is 0 Å². The van der Waals surface area contributed by atoms with Gasteiger partial charge in [-0.25, -0.2) is 9.59 Å². The maximum atomic E-state index is 9.77. The van der Waals surface area contributed by atoms with E-state index in [1.807, 2.05) is 0 Å². The van der Waals surface area contributed by atoms with Crippen LogP contribution in [-0.4, -0.2) is 158 Å². The molecule has 2 atom stereocenters. The smallest absolute Gasteiger partial charge is 0.822 e. The molecule has 122 valence electrons. The van der Waals surface area contributed by atoms with Crippen LogP contribution in [0.15, 0.2) is 0 Å². The molecule has 0 aromatic heterocycles. The molecule has 0 aliphatic heterocycles. The average molecular weight is 460 g/mol. The van der Waals surface area contributed by atoms with Gasteiger partial charge in [0.05, 0.1) is 0 Å². The number of hydrogen-bond donors (Lipinski definition) is 4. The molecule has 0 heterocycles. The number of hydrogen-bond acceptors (Lipinski definition) is 12. The minimum atomic E-state index is -5.39. The van der Waals surface area contributed by atoms with Crippen LogP contribution in [0.5, 0.6) is 0 Å². The minimum Gasteiger partial charge on any atom is -0.822 e. The Morgan fingerprint density at radius 3 is 0.783 bits per heavy atom. The van der Waals surface area contributed by atoms with E-state index < -0.39 is 39.8 Å². The summed E-state index contributed by atoms with van der Waals surface area (Å²) in [5.41, 5.74) is 0. The Hall–Kier alpha value is 2.86. The zero-order valence-electron chi connectivity index (χ0n) is 11.0. The Kier molecular flexibility index (Phi) is 34.6. The van der Waals surface area contributed by atoms with E-state index in [2.05, 4.69) is 0 Å². The summed E-state index contributed by atoms with van der Waals surface area (Å²) in [7, 11) is -10.8. The number of aliphatic hydroxyl groups is 2. The second-order valence-electron chi connectivity index (χ2n) is 2.46. The first-order chi connectivity index (χ1) is 8.46. The van der Waals surface area contributed by atoms with Gasteiger partial charge in [0.2, 0.25) is 0 Å². The third kappa shape index (κ3) is 58.8. The molecule has 14 nitrogen and oxygen atoms in total. The van der Waals surface area contributed by atoms with Crippen molar-refractivity contribution in [1.29, 1.82) is 0 Å². The molecule has 0 rings (SSSR count). The van der Waals surface area contributed by atoms with Gasteiger partial charge in [0.25, 0.3) is 0 Å². The van der Waals surface area contributed by atoms with Gasteiger partial charge in [-0.05, 0) is 0 Å². The molecule has 19 heteroatoms. The third-order valence-electron chi connectivity index (χ3n) is 0.805. The molecule has 0 aromatic rings. The van der Waals surface area contributed by atoms with Gasteiger partial charge in [0.15, 0.2) is 12.2 Å². The van der Waals surface area contributed by atoms with Crippen molar-refractivity contribution < 1.29 is 68.5 Å². The van der Waals surface area contributed by atoms with Crippen molar-refractivity contribution in [3.05, 3.63) is 0 Å². The Balaban J connectivity index is -0.0000000483. The predicted molar refractivity (Wildman–Crippen MR) is 59.8 cm³/mol. The summed E-state index contributed by atoms with van der Waals surface area (Å²) in [5.74, 6) is -3.54. The van der Waals surface area contributed by atoms with Crippen LogP contribution in [0.1, 0.15) is 0 Å². The number of rotatable bonds is 3. The van der Waals surface area contributed by atoms with Gasteiger partial charge in [0.1, 0.15) is 0 Å². The number of carboxylic acid groups (broad SMARTS) is 2. The van der Waals surface area contributed by atoms with E-state index in [1.165, 1.54) is 0 Å². The number of aliphatic hydroxyl groups excluding tert-OH is 2. The summed E-state index contributed by atoms with van der Waals surface area (Å²) in [6.45, 7) is 0. The van der Waals surface area contributed by atoms with Gasteiger partial charge in [-0.1, -0.05) is 0 Å². The maximum absolute atomic E-state index is 9.77. The zero-order valence-corrected chi connectivity index (χ0v) is 19.5. The number of carbonyl (C=O) groups is 2. The fourth-order valence-electron chi connectivity index (χ4n) is 0.270. The molecule has 0 spiro atoms. The predicted octanol–water partition coefficient (Wildman–Crippen LogP) is -8.91. The van der Waals surface area contributed by atoms with Gasteiger partial charge in [-0.2, -0.15) is 15.6 Å². The molecule has 0 amide bonds. The van der Waals surface area contributed by atoms with Crippen LogP contribution in [0.25, 0.3) is 0 Å². The Bertz CT molecular complexity index is 348. The summed E-state index contributed by atoms with van der Waals surface area (Å²) >= 11 is 0. The van der Waals surface area contributed by atoms with Crippen LogP contribution >= 0.6 is 15.6 Å². The summed E-state index contributed by atoms with van der Waals surface area (Å²) in [6.07, 6.45) is -4.53.